The highest BCUT2D eigenvalue weighted by Gasteiger charge is 2.17. The molecule has 0 bridgehead atoms. The SMILES string of the molecule is COCCNS(=O)(=O)c1ccc(O[C@@H](C)C(=O)NC(C)C)cc1. The van der Waals surface area contributed by atoms with Gasteiger partial charge in [-0.25, -0.2) is 13.1 Å². The number of carbonyl (C=O) groups is 1. The number of hydrogen-bond acceptors (Lipinski definition) is 5. The molecule has 7 nitrogen and oxygen atoms in total. The fourth-order valence-corrected chi connectivity index (χ4v) is 2.73. The van der Waals surface area contributed by atoms with Crippen molar-refractivity contribution in [2.24, 2.45) is 0 Å². The van der Waals surface area contributed by atoms with E-state index in [2.05, 4.69) is 10.0 Å². The Balaban J connectivity index is 2.67. The zero-order valence-corrected chi connectivity index (χ0v) is 14.6. The predicted molar refractivity (Wildman–Crippen MR) is 86.9 cm³/mol. The van der Waals surface area contributed by atoms with E-state index in [0.29, 0.717) is 12.4 Å². The third-order valence-corrected chi connectivity index (χ3v) is 4.32. The highest BCUT2D eigenvalue weighted by atomic mass is 32.2. The first-order valence-corrected chi connectivity index (χ1v) is 8.80. The van der Waals surface area contributed by atoms with Gasteiger partial charge < -0.3 is 14.8 Å². The summed E-state index contributed by atoms with van der Waals surface area (Å²) in [6.07, 6.45) is -0.667. The van der Waals surface area contributed by atoms with Gasteiger partial charge in [0.1, 0.15) is 5.75 Å². The minimum Gasteiger partial charge on any atom is -0.481 e. The Morgan fingerprint density at radius 2 is 1.78 bits per heavy atom. The van der Waals surface area contributed by atoms with E-state index in [0.717, 1.165) is 0 Å². The van der Waals surface area contributed by atoms with Gasteiger partial charge in [0.05, 0.1) is 11.5 Å². The minimum atomic E-state index is -3.57. The molecule has 8 heteroatoms. The first kappa shape index (κ1) is 19.4. The zero-order chi connectivity index (χ0) is 17.5. The molecule has 1 aromatic rings. The van der Waals surface area contributed by atoms with Gasteiger partial charge in [-0.2, -0.15) is 0 Å². The first-order valence-electron chi connectivity index (χ1n) is 7.32. The molecular weight excluding hydrogens is 320 g/mol. The van der Waals surface area contributed by atoms with Crippen LogP contribution in [0.3, 0.4) is 0 Å². The summed E-state index contributed by atoms with van der Waals surface area (Å²) in [5.41, 5.74) is 0. The smallest absolute Gasteiger partial charge is 0.260 e. The molecule has 0 heterocycles. The third kappa shape index (κ3) is 6.55. The van der Waals surface area contributed by atoms with Crippen LogP contribution < -0.4 is 14.8 Å². The highest BCUT2D eigenvalue weighted by Crippen LogP contribution is 2.17. The van der Waals surface area contributed by atoms with Gasteiger partial charge in [-0.3, -0.25) is 4.79 Å². The summed E-state index contributed by atoms with van der Waals surface area (Å²) in [7, 11) is -2.08. The Labute approximate surface area is 137 Å². The fourth-order valence-electron chi connectivity index (χ4n) is 1.72. The van der Waals surface area contributed by atoms with E-state index in [-0.39, 0.29) is 23.4 Å². The molecule has 2 N–H and O–H groups in total. The average Bonchev–Trinajstić information content (AvgIpc) is 2.47. The summed E-state index contributed by atoms with van der Waals surface area (Å²) in [5, 5.41) is 2.75. The number of carbonyl (C=O) groups excluding carboxylic acids is 1. The van der Waals surface area contributed by atoms with E-state index in [4.69, 9.17) is 9.47 Å². The topological polar surface area (TPSA) is 93.7 Å². The van der Waals surface area contributed by atoms with Crippen LogP contribution in [0.5, 0.6) is 5.75 Å². The van der Waals surface area contributed by atoms with Crippen LogP contribution in [0.25, 0.3) is 0 Å². The number of sulfonamides is 1. The lowest BCUT2D eigenvalue weighted by molar-refractivity contribution is -0.127. The Morgan fingerprint density at radius 3 is 2.30 bits per heavy atom. The molecule has 0 saturated heterocycles. The predicted octanol–water partition coefficient (Wildman–Crippen LogP) is 0.903. The molecule has 1 atom stereocenters. The molecule has 0 aliphatic carbocycles. The van der Waals surface area contributed by atoms with Crippen LogP contribution in [0.15, 0.2) is 29.2 Å². The summed E-state index contributed by atoms with van der Waals surface area (Å²) in [5.74, 6) is 0.199. The molecular formula is C15H24N2O5S. The number of methoxy groups -OCH3 is 1. The second kappa shape index (κ2) is 8.85. The molecule has 0 saturated carbocycles. The maximum atomic E-state index is 12.0. The number of ether oxygens (including phenoxy) is 2. The molecule has 0 unspecified atom stereocenters. The van der Waals surface area contributed by atoms with Crippen molar-refractivity contribution in [3.63, 3.8) is 0 Å². The summed E-state index contributed by atoms with van der Waals surface area (Å²) in [6, 6.07) is 5.92. The van der Waals surface area contributed by atoms with Crippen LogP contribution in [0.4, 0.5) is 0 Å². The van der Waals surface area contributed by atoms with Gasteiger partial charge >= 0.3 is 0 Å². The van der Waals surface area contributed by atoms with Crippen LogP contribution in [0.2, 0.25) is 0 Å². The van der Waals surface area contributed by atoms with Crippen molar-refractivity contribution in [2.45, 2.75) is 37.8 Å². The number of hydrogen-bond donors (Lipinski definition) is 2. The molecule has 1 rings (SSSR count). The molecule has 0 radical (unpaired) electrons. The number of amides is 1. The summed E-state index contributed by atoms with van der Waals surface area (Å²) in [6.45, 7) is 5.85. The average molecular weight is 344 g/mol. The van der Waals surface area contributed by atoms with Crippen molar-refractivity contribution in [2.75, 3.05) is 20.3 Å². The molecule has 0 spiro atoms. The molecule has 1 aromatic carbocycles. The molecule has 0 fully saturated rings. The van der Waals surface area contributed by atoms with Crippen LogP contribution in [0.1, 0.15) is 20.8 Å². The van der Waals surface area contributed by atoms with E-state index in [1.54, 1.807) is 6.92 Å². The minimum absolute atomic E-state index is 0.0271. The summed E-state index contributed by atoms with van der Waals surface area (Å²) >= 11 is 0. The van der Waals surface area contributed by atoms with Crippen LogP contribution in [-0.2, 0) is 19.6 Å². The van der Waals surface area contributed by atoms with E-state index >= 15 is 0 Å². The molecule has 130 valence electrons. The van der Waals surface area contributed by atoms with Gasteiger partial charge in [-0.15, -0.1) is 0 Å². The maximum absolute atomic E-state index is 12.0. The number of benzene rings is 1. The third-order valence-electron chi connectivity index (χ3n) is 2.85. The van der Waals surface area contributed by atoms with Crippen LogP contribution in [-0.4, -0.2) is 46.7 Å². The Bertz CT molecular complexity index is 599. The van der Waals surface area contributed by atoms with Crippen LogP contribution >= 0.6 is 0 Å². The Hall–Kier alpha value is -1.64. The normalized spacial score (nSPS) is 12.9. The van der Waals surface area contributed by atoms with Crippen molar-refractivity contribution in [3.8, 4) is 5.75 Å². The largest absolute Gasteiger partial charge is 0.481 e. The van der Waals surface area contributed by atoms with Gasteiger partial charge in [-0.1, -0.05) is 0 Å². The van der Waals surface area contributed by atoms with E-state index in [1.165, 1.54) is 31.4 Å². The van der Waals surface area contributed by atoms with Gasteiger partial charge in [0.15, 0.2) is 6.10 Å². The lowest BCUT2D eigenvalue weighted by Crippen LogP contribution is -2.40. The maximum Gasteiger partial charge on any atom is 0.260 e. The van der Waals surface area contributed by atoms with Crippen molar-refractivity contribution in [1.82, 2.24) is 10.0 Å². The number of rotatable bonds is 9. The van der Waals surface area contributed by atoms with Crippen molar-refractivity contribution < 1.29 is 22.7 Å². The second-order valence-corrected chi connectivity index (χ2v) is 7.05. The monoisotopic (exact) mass is 344 g/mol. The highest BCUT2D eigenvalue weighted by molar-refractivity contribution is 7.89. The molecule has 1 amide bonds. The van der Waals surface area contributed by atoms with Gasteiger partial charge in [-0.05, 0) is 45.0 Å². The molecule has 0 aliphatic heterocycles. The van der Waals surface area contributed by atoms with E-state index in [1.807, 2.05) is 13.8 Å². The molecule has 0 aromatic heterocycles. The van der Waals surface area contributed by atoms with Gasteiger partial charge in [0.25, 0.3) is 5.91 Å². The van der Waals surface area contributed by atoms with Gasteiger partial charge in [0, 0.05) is 19.7 Å². The Kier molecular flexibility index (Phi) is 7.47. The lowest BCUT2D eigenvalue weighted by Gasteiger charge is -2.16. The van der Waals surface area contributed by atoms with Gasteiger partial charge in [0.2, 0.25) is 10.0 Å². The zero-order valence-electron chi connectivity index (χ0n) is 13.8. The quantitative estimate of drug-likeness (QED) is 0.649. The summed E-state index contributed by atoms with van der Waals surface area (Å²) < 4.78 is 36.7. The molecule has 23 heavy (non-hydrogen) atoms. The van der Waals surface area contributed by atoms with Crippen molar-refractivity contribution in [1.29, 1.82) is 0 Å². The standard InChI is InChI=1S/C15H24N2O5S/c1-11(2)17-15(18)12(3)22-13-5-7-14(8-6-13)23(19,20)16-9-10-21-4/h5-8,11-12,16H,9-10H2,1-4H3,(H,17,18)/t12-/m0/s1. The van der Waals surface area contributed by atoms with Crippen molar-refractivity contribution in [3.05, 3.63) is 24.3 Å². The van der Waals surface area contributed by atoms with E-state index < -0.39 is 16.1 Å². The van der Waals surface area contributed by atoms with Crippen molar-refractivity contribution >= 4 is 15.9 Å². The molecule has 0 aliphatic rings. The number of nitrogens with one attached hydrogen (secondary N) is 2. The summed E-state index contributed by atoms with van der Waals surface area (Å²) in [4.78, 5) is 11.9. The second-order valence-electron chi connectivity index (χ2n) is 5.29. The fraction of sp³-hybridized carbons (Fsp3) is 0.533. The van der Waals surface area contributed by atoms with E-state index in [9.17, 15) is 13.2 Å². The lowest BCUT2D eigenvalue weighted by atomic mass is 10.3. The van der Waals surface area contributed by atoms with Crippen LogP contribution in [0, 0.1) is 0 Å². The first-order chi connectivity index (χ1) is 10.8. The Morgan fingerprint density at radius 1 is 1.17 bits per heavy atom.